The first-order valence-corrected chi connectivity index (χ1v) is 6.90. The van der Waals surface area contributed by atoms with Crippen LogP contribution in [0, 0.1) is 23.6 Å². The number of hydrogen-bond acceptors (Lipinski definition) is 2. The lowest BCUT2D eigenvalue weighted by molar-refractivity contribution is -0.117. The Labute approximate surface area is 111 Å². The number of hydrogen-bond donors (Lipinski definition) is 2. The first-order chi connectivity index (χ1) is 9.11. The number of aromatic hydroxyl groups is 1. The molecule has 3 nitrogen and oxygen atoms in total. The molecule has 1 aromatic carbocycles. The van der Waals surface area contributed by atoms with Gasteiger partial charge in [0.2, 0.25) is 5.91 Å². The predicted octanol–water partition coefficient (Wildman–Crippen LogP) is 3.30. The van der Waals surface area contributed by atoms with Crippen LogP contribution in [-0.2, 0) is 4.79 Å². The summed E-state index contributed by atoms with van der Waals surface area (Å²) in [6.45, 7) is 0. The Hall–Kier alpha value is -1.58. The highest BCUT2D eigenvalue weighted by molar-refractivity contribution is 5.90. The average Bonchev–Trinajstić information content (AvgIpc) is 2.96. The van der Waals surface area contributed by atoms with Gasteiger partial charge in [-0.2, -0.15) is 0 Å². The van der Waals surface area contributed by atoms with Crippen molar-refractivity contribution in [1.82, 2.24) is 0 Å². The fraction of sp³-hybridized carbons (Fsp3) is 0.533. The quantitative estimate of drug-likeness (QED) is 0.822. The van der Waals surface area contributed by atoms with E-state index in [0.717, 1.165) is 12.0 Å². The molecule has 0 aliphatic heterocycles. The molecule has 0 saturated heterocycles. The van der Waals surface area contributed by atoms with Gasteiger partial charge in [-0.1, -0.05) is 6.42 Å². The van der Waals surface area contributed by atoms with Gasteiger partial charge in [0.25, 0.3) is 0 Å². The van der Waals surface area contributed by atoms with Gasteiger partial charge in [0.1, 0.15) is 0 Å². The Balaban J connectivity index is 1.57. The summed E-state index contributed by atoms with van der Waals surface area (Å²) in [6.07, 6.45) is 5.57. The van der Waals surface area contributed by atoms with E-state index in [-0.39, 0.29) is 5.91 Å². The number of benzene rings is 1. The van der Waals surface area contributed by atoms with Crippen LogP contribution in [0.1, 0.15) is 32.1 Å². The van der Waals surface area contributed by atoms with Gasteiger partial charge in [0.15, 0.2) is 11.6 Å². The largest absolute Gasteiger partial charge is 0.505 e. The Morgan fingerprint density at radius 1 is 1.37 bits per heavy atom. The lowest BCUT2D eigenvalue weighted by Gasteiger charge is -2.20. The van der Waals surface area contributed by atoms with Crippen LogP contribution in [0.4, 0.5) is 10.1 Å². The van der Waals surface area contributed by atoms with Gasteiger partial charge >= 0.3 is 0 Å². The van der Waals surface area contributed by atoms with Crippen molar-refractivity contribution >= 4 is 11.6 Å². The van der Waals surface area contributed by atoms with E-state index in [0.29, 0.717) is 23.9 Å². The number of amides is 1. The third kappa shape index (κ3) is 2.57. The first-order valence-electron chi connectivity index (χ1n) is 6.90. The molecule has 4 heteroatoms. The van der Waals surface area contributed by atoms with E-state index in [4.69, 9.17) is 5.11 Å². The number of anilines is 1. The highest BCUT2D eigenvalue weighted by Gasteiger charge is 2.40. The zero-order valence-corrected chi connectivity index (χ0v) is 10.7. The van der Waals surface area contributed by atoms with Gasteiger partial charge in [-0.3, -0.25) is 4.79 Å². The molecule has 0 aromatic heterocycles. The van der Waals surface area contributed by atoms with Crippen molar-refractivity contribution in [1.29, 1.82) is 0 Å². The van der Waals surface area contributed by atoms with E-state index >= 15 is 0 Å². The van der Waals surface area contributed by atoms with E-state index in [2.05, 4.69) is 5.32 Å². The first kappa shape index (κ1) is 12.5. The Kier molecular flexibility index (Phi) is 3.17. The summed E-state index contributed by atoms with van der Waals surface area (Å²) in [7, 11) is 0. The molecule has 0 spiro atoms. The van der Waals surface area contributed by atoms with Crippen molar-refractivity contribution in [3.8, 4) is 5.75 Å². The summed E-state index contributed by atoms with van der Waals surface area (Å²) in [6, 6.07) is 3.91. The van der Waals surface area contributed by atoms with Crippen LogP contribution in [0.25, 0.3) is 0 Å². The minimum Gasteiger partial charge on any atom is -0.505 e. The van der Waals surface area contributed by atoms with Crippen LogP contribution in [-0.4, -0.2) is 11.0 Å². The standard InChI is InChI=1S/C15H18FNO2/c16-13-8-12(3-4-14(13)18)17-15(19)7-11-6-9-1-2-10(11)5-9/h3-4,8-11,18H,1-2,5-7H2,(H,17,19). The fourth-order valence-corrected chi connectivity index (χ4v) is 3.66. The minimum absolute atomic E-state index is 0.0531. The van der Waals surface area contributed by atoms with Gasteiger partial charge in [-0.25, -0.2) is 4.39 Å². The number of phenols is 1. The number of carbonyl (C=O) groups is 1. The van der Waals surface area contributed by atoms with Gasteiger partial charge in [-0.05, 0) is 49.1 Å². The number of fused-ring (bicyclic) bond motifs is 2. The van der Waals surface area contributed by atoms with Gasteiger partial charge in [0, 0.05) is 18.2 Å². The van der Waals surface area contributed by atoms with E-state index in [1.54, 1.807) is 0 Å². The maximum absolute atomic E-state index is 13.2. The summed E-state index contributed by atoms with van der Waals surface area (Å²) in [5, 5.41) is 11.8. The van der Waals surface area contributed by atoms with Gasteiger partial charge in [-0.15, -0.1) is 0 Å². The van der Waals surface area contributed by atoms with Crippen molar-refractivity contribution in [2.24, 2.45) is 17.8 Å². The molecular formula is C15H18FNO2. The molecule has 2 bridgehead atoms. The number of rotatable bonds is 3. The van der Waals surface area contributed by atoms with Crippen molar-refractivity contribution in [3.05, 3.63) is 24.0 Å². The average molecular weight is 263 g/mol. The smallest absolute Gasteiger partial charge is 0.224 e. The molecule has 102 valence electrons. The zero-order chi connectivity index (χ0) is 13.4. The molecule has 3 unspecified atom stereocenters. The van der Waals surface area contributed by atoms with Crippen molar-refractivity contribution < 1.29 is 14.3 Å². The maximum Gasteiger partial charge on any atom is 0.224 e. The van der Waals surface area contributed by atoms with Crippen LogP contribution in [0.5, 0.6) is 5.75 Å². The molecule has 2 aliphatic rings. The van der Waals surface area contributed by atoms with Crippen LogP contribution < -0.4 is 5.32 Å². The SMILES string of the molecule is O=C(CC1CC2CCC1C2)Nc1ccc(O)c(F)c1. The fourth-order valence-electron chi connectivity index (χ4n) is 3.66. The molecule has 0 radical (unpaired) electrons. The van der Waals surface area contributed by atoms with Crippen molar-refractivity contribution in [2.45, 2.75) is 32.1 Å². The molecule has 2 saturated carbocycles. The molecule has 1 amide bonds. The minimum atomic E-state index is -0.710. The Morgan fingerprint density at radius 2 is 2.21 bits per heavy atom. The highest BCUT2D eigenvalue weighted by Crippen LogP contribution is 2.49. The molecular weight excluding hydrogens is 245 g/mol. The molecule has 19 heavy (non-hydrogen) atoms. The molecule has 3 atom stereocenters. The molecule has 2 fully saturated rings. The third-order valence-corrected chi connectivity index (χ3v) is 4.56. The van der Waals surface area contributed by atoms with E-state index < -0.39 is 11.6 Å². The number of nitrogens with one attached hydrogen (secondary N) is 1. The number of phenolic OH excluding ortho intramolecular Hbond substituents is 1. The third-order valence-electron chi connectivity index (χ3n) is 4.56. The molecule has 2 aliphatic carbocycles. The normalized spacial score (nSPS) is 28.6. The summed E-state index contributed by atoms with van der Waals surface area (Å²) >= 11 is 0. The van der Waals surface area contributed by atoms with Gasteiger partial charge < -0.3 is 10.4 Å². The second kappa shape index (κ2) is 4.83. The molecule has 3 rings (SSSR count). The Bertz CT molecular complexity index is 503. The topological polar surface area (TPSA) is 49.3 Å². The monoisotopic (exact) mass is 263 g/mol. The van der Waals surface area contributed by atoms with Crippen molar-refractivity contribution in [3.63, 3.8) is 0 Å². The van der Waals surface area contributed by atoms with Crippen LogP contribution >= 0.6 is 0 Å². The van der Waals surface area contributed by atoms with Crippen LogP contribution in [0.2, 0.25) is 0 Å². The molecule has 0 heterocycles. The van der Waals surface area contributed by atoms with Crippen LogP contribution in [0.3, 0.4) is 0 Å². The van der Waals surface area contributed by atoms with E-state index in [9.17, 15) is 9.18 Å². The predicted molar refractivity (Wildman–Crippen MR) is 70.2 cm³/mol. The molecule has 1 aromatic rings. The lowest BCUT2D eigenvalue weighted by Crippen LogP contribution is -2.20. The van der Waals surface area contributed by atoms with Gasteiger partial charge in [0.05, 0.1) is 0 Å². The maximum atomic E-state index is 13.2. The van der Waals surface area contributed by atoms with E-state index in [1.165, 1.54) is 37.8 Å². The lowest BCUT2D eigenvalue weighted by atomic mass is 9.86. The number of halogens is 1. The van der Waals surface area contributed by atoms with Crippen molar-refractivity contribution in [2.75, 3.05) is 5.32 Å². The van der Waals surface area contributed by atoms with Crippen LogP contribution in [0.15, 0.2) is 18.2 Å². The summed E-state index contributed by atoms with van der Waals surface area (Å²) in [4.78, 5) is 11.9. The second-order valence-corrected chi connectivity index (χ2v) is 5.85. The Morgan fingerprint density at radius 3 is 2.84 bits per heavy atom. The summed E-state index contributed by atoms with van der Waals surface area (Å²) in [5.74, 6) is 0.883. The molecule has 2 N–H and O–H groups in total. The number of carbonyl (C=O) groups excluding carboxylic acids is 1. The highest BCUT2D eigenvalue weighted by atomic mass is 19.1. The summed E-state index contributed by atoms with van der Waals surface area (Å²) in [5.41, 5.74) is 0.406. The van der Waals surface area contributed by atoms with E-state index in [1.807, 2.05) is 0 Å². The zero-order valence-electron chi connectivity index (χ0n) is 10.7. The summed E-state index contributed by atoms with van der Waals surface area (Å²) < 4.78 is 13.2. The second-order valence-electron chi connectivity index (χ2n) is 5.85.